The first-order chi connectivity index (χ1) is 9.06. The predicted molar refractivity (Wildman–Crippen MR) is 72.1 cm³/mol. The summed E-state index contributed by atoms with van der Waals surface area (Å²) in [5.74, 6) is 0.608. The molecule has 1 unspecified atom stereocenters. The number of rotatable bonds is 7. The molecule has 1 rings (SSSR count). The van der Waals surface area contributed by atoms with E-state index in [1.807, 2.05) is 13.8 Å². The fourth-order valence-electron chi connectivity index (χ4n) is 1.55. The molecule has 0 saturated carbocycles. The minimum absolute atomic E-state index is 0.143. The Hall–Kier alpha value is -1.95. The topological polar surface area (TPSA) is 93.8 Å². The highest BCUT2D eigenvalue weighted by molar-refractivity contribution is 5.65. The Morgan fingerprint density at radius 1 is 1.47 bits per heavy atom. The third kappa shape index (κ3) is 5.05. The van der Waals surface area contributed by atoms with Crippen LogP contribution in [0.5, 0.6) is 5.75 Å². The maximum atomic E-state index is 10.5. The van der Waals surface area contributed by atoms with Crippen molar-refractivity contribution in [1.82, 2.24) is 5.32 Å². The SMILES string of the molecule is CCOC(CC)Oc1ccc(N)c(CNC(=O)O)c1. The number of ether oxygens (including phenoxy) is 2. The Morgan fingerprint density at radius 2 is 2.21 bits per heavy atom. The van der Waals surface area contributed by atoms with Crippen LogP contribution in [0.1, 0.15) is 25.8 Å². The minimum Gasteiger partial charge on any atom is -0.465 e. The molecule has 0 aliphatic rings. The van der Waals surface area contributed by atoms with E-state index in [9.17, 15) is 4.79 Å². The summed E-state index contributed by atoms with van der Waals surface area (Å²) < 4.78 is 11.1. The molecule has 1 aromatic rings. The standard InChI is InChI=1S/C13H20N2O4/c1-3-12(18-4-2)19-10-5-6-11(14)9(7-10)8-15-13(16)17/h5-7,12,15H,3-4,8,14H2,1-2H3,(H,16,17). The van der Waals surface area contributed by atoms with E-state index < -0.39 is 6.09 Å². The van der Waals surface area contributed by atoms with Crippen molar-refractivity contribution in [2.45, 2.75) is 33.1 Å². The van der Waals surface area contributed by atoms with Gasteiger partial charge in [-0.2, -0.15) is 0 Å². The smallest absolute Gasteiger partial charge is 0.404 e. The quantitative estimate of drug-likeness (QED) is 0.520. The zero-order valence-electron chi connectivity index (χ0n) is 11.2. The van der Waals surface area contributed by atoms with E-state index in [0.717, 1.165) is 6.42 Å². The van der Waals surface area contributed by atoms with Crippen LogP contribution in [-0.2, 0) is 11.3 Å². The van der Waals surface area contributed by atoms with Crippen molar-refractivity contribution < 1.29 is 19.4 Å². The highest BCUT2D eigenvalue weighted by atomic mass is 16.7. The molecular weight excluding hydrogens is 248 g/mol. The first-order valence-corrected chi connectivity index (χ1v) is 6.20. The number of nitrogens with one attached hydrogen (secondary N) is 1. The first kappa shape index (κ1) is 15.1. The molecule has 106 valence electrons. The first-order valence-electron chi connectivity index (χ1n) is 6.20. The number of nitrogen functional groups attached to an aromatic ring is 1. The van der Waals surface area contributed by atoms with E-state index in [1.54, 1.807) is 18.2 Å². The van der Waals surface area contributed by atoms with Gasteiger partial charge < -0.3 is 25.6 Å². The van der Waals surface area contributed by atoms with Crippen molar-refractivity contribution in [1.29, 1.82) is 0 Å². The molecule has 1 aromatic carbocycles. The number of hydrogen-bond donors (Lipinski definition) is 3. The van der Waals surface area contributed by atoms with Gasteiger partial charge in [0, 0.05) is 25.3 Å². The van der Waals surface area contributed by atoms with Crippen molar-refractivity contribution in [3.05, 3.63) is 23.8 Å². The second-order valence-corrected chi connectivity index (χ2v) is 3.93. The minimum atomic E-state index is -1.09. The summed E-state index contributed by atoms with van der Waals surface area (Å²) in [5, 5.41) is 10.9. The number of amides is 1. The summed E-state index contributed by atoms with van der Waals surface area (Å²) in [7, 11) is 0. The van der Waals surface area contributed by atoms with E-state index in [1.165, 1.54) is 0 Å². The zero-order chi connectivity index (χ0) is 14.3. The zero-order valence-corrected chi connectivity index (χ0v) is 11.2. The Labute approximate surface area is 112 Å². The Bertz CT molecular complexity index is 423. The van der Waals surface area contributed by atoms with Crippen LogP contribution in [0.15, 0.2) is 18.2 Å². The van der Waals surface area contributed by atoms with Crippen molar-refractivity contribution in [2.24, 2.45) is 0 Å². The van der Waals surface area contributed by atoms with E-state index >= 15 is 0 Å². The maximum absolute atomic E-state index is 10.5. The van der Waals surface area contributed by atoms with Crippen molar-refractivity contribution in [2.75, 3.05) is 12.3 Å². The van der Waals surface area contributed by atoms with E-state index in [-0.39, 0.29) is 12.8 Å². The van der Waals surface area contributed by atoms with Crippen molar-refractivity contribution in [3.63, 3.8) is 0 Å². The molecule has 19 heavy (non-hydrogen) atoms. The van der Waals surface area contributed by atoms with Crippen LogP contribution < -0.4 is 15.8 Å². The molecule has 1 atom stereocenters. The average molecular weight is 268 g/mol. The second-order valence-electron chi connectivity index (χ2n) is 3.93. The van der Waals surface area contributed by atoms with Gasteiger partial charge in [-0.1, -0.05) is 6.92 Å². The maximum Gasteiger partial charge on any atom is 0.404 e. The third-order valence-corrected chi connectivity index (χ3v) is 2.50. The normalized spacial score (nSPS) is 11.9. The lowest BCUT2D eigenvalue weighted by atomic mass is 10.1. The van der Waals surface area contributed by atoms with Crippen LogP contribution in [0.25, 0.3) is 0 Å². The number of benzene rings is 1. The third-order valence-electron chi connectivity index (χ3n) is 2.50. The summed E-state index contributed by atoms with van der Waals surface area (Å²) in [4.78, 5) is 10.5. The van der Waals surface area contributed by atoms with Gasteiger partial charge in [-0.05, 0) is 30.7 Å². The Balaban J connectivity index is 2.74. The fraction of sp³-hybridized carbons (Fsp3) is 0.462. The lowest BCUT2D eigenvalue weighted by Gasteiger charge is -2.18. The Morgan fingerprint density at radius 3 is 2.79 bits per heavy atom. The molecule has 0 spiro atoms. The van der Waals surface area contributed by atoms with Gasteiger partial charge in [-0.15, -0.1) is 0 Å². The molecule has 0 aromatic heterocycles. The summed E-state index contributed by atoms with van der Waals surface area (Å²) in [6.45, 7) is 4.58. The van der Waals surface area contributed by atoms with Gasteiger partial charge in [0.1, 0.15) is 5.75 Å². The van der Waals surface area contributed by atoms with Crippen molar-refractivity contribution >= 4 is 11.8 Å². The van der Waals surface area contributed by atoms with Gasteiger partial charge >= 0.3 is 6.09 Å². The van der Waals surface area contributed by atoms with Gasteiger partial charge in [0.15, 0.2) is 6.29 Å². The van der Waals surface area contributed by atoms with E-state index in [2.05, 4.69) is 5.32 Å². The number of hydrogen-bond acceptors (Lipinski definition) is 4. The van der Waals surface area contributed by atoms with E-state index in [4.69, 9.17) is 20.3 Å². The molecule has 0 aliphatic carbocycles. The van der Waals surface area contributed by atoms with Crippen LogP contribution in [0, 0.1) is 0 Å². The van der Waals surface area contributed by atoms with Gasteiger partial charge in [-0.25, -0.2) is 4.79 Å². The summed E-state index contributed by atoms with van der Waals surface area (Å²) in [5.41, 5.74) is 6.97. The number of nitrogens with two attached hydrogens (primary N) is 1. The largest absolute Gasteiger partial charge is 0.465 e. The number of carboxylic acid groups (broad SMARTS) is 1. The summed E-state index contributed by atoms with van der Waals surface area (Å²) in [6, 6.07) is 5.14. The van der Waals surface area contributed by atoms with Crippen LogP contribution >= 0.6 is 0 Å². The summed E-state index contributed by atoms with van der Waals surface area (Å²) >= 11 is 0. The lowest BCUT2D eigenvalue weighted by Crippen LogP contribution is -2.21. The number of carbonyl (C=O) groups is 1. The molecule has 4 N–H and O–H groups in total. The molecule has 0 bridgehead atoms. The van der Waals surface area contributed by atoms with Crippen LogP contribution in [0.4, 0.5) is 10.5 Å². The van der Waals surface area contributed by atoms with Gasteiger partial charge in [0.2, 0.25) is 0 Å². The summed E-state index contributed by atoms with van der Waals surface area (Å²) in [6.07, 6.45) is -0.679. The Kier molecular flexibility index (Phi) is 5.95. The van der Waals surface area contributed by atoms with Crippen molar-refractivity contribution in [3.8, 4) is 5.75 Å². The molecule has 0 aliphatic heterocycles. The molecule has 6 heteroatoms. The van der Waals surface area contributed by atoms with E-state index in [0.29, 0.717) is 23.6 Å². The lowest BCUT2D eigenvalue weighted by molar-refractivity contribution is -0.0766. The van der Waals surface area contributed by atoms with Crippen LogP contribution in [0.3, 0.4) is 0 Å². The predicted octanol–water partition coefficient (Wildman–Crippen LogP) is 2.19. The molecular formula is C13H20N2O4. The van der Waals surface area contributed by atoms with Gasteiger partial charge in [0.25, 0.3) is 0 Å². The van der Waals surface area contributed by atoms with Gasteiger partial charge in [0.05, 0.1) is 0 Å². The van der Waals surface area contributed by atoms with Crippen LogP contribution in [0.2, 0.25) is 0 Å². The molecule has 0 fully saturated rings. The fourth-order valence-corrected chi connectivity index (χ4v) is 1.55. The second kappa shape index (κ2) is 7.48. The molecule has 1 amide bonds. The van der Waals surface area contributed by atoms with Crippen LogP contribution in [-0.4, -0.2) is 24.1 Å². The highest BCUT2D eigenvalue weighted by Gasteiger charge is 2.09. The monoisotopic (exact) mass is 268 g/mol. The number of anilines is 1. The molecule has 6 nitrogen and oxygen atoms in total. The van der Waals surface area contributed by atoms with Gasteiger partial charge in [-0.3, -0.25) is 0 Å². The highest BCUT2D eigenvalue weighted by Crippen LogP contribution is 2.21. The molecule has 0 radical (unpaired) electrons. The molecule has 0 heterocycles. The molecule has 0 saturated heterocycles. The average Bonchev–Trinajstić information content (AvgIpc) is 2.38.